The molecule has 3 rings (SSSR count). The Bertz CT molecular complexity index is 1360. The molecule has 8 nitrogen and oxygen atoms in total. The van der Waals surface area contributed by atoms with E-state index in [2.05, 4.69) is 31.2 Å². The lowest BCUT2D eigenvalue weighted by Gasteiger charge is -2.07. The molecule has 35 heavy (non-hydrogen) atoms. The molecule has 0 aliphatic heterocycles. The third kappa shape index (κ3) is 8.45. The molecule has 0 bridgehead atoms. The first-order valence-corrected chi connectivity index (χ1v) is 12.7. The van der Waals surface area contributed by atoms with Gasteiger partial charge in [0.2, 0.25) is 10.0 Å². The predicted molar refractivity (Wildman–Crippen MR) is 138 cm³/mol. The van der Waals surface area contributed by atoms with Crippen LogP contribution in [0, 0.1) is 0 Å². The van der Waals surface area contributed by atoms with Crippen LogP contribution in [0.1, 0.15) is 11.1 Å². The molecule has 0 heterocycles. The number of carbonyl (C=O) groups is 2. The molecule has 1 amide bonds. The number of sulfonamides is 1. The molecule has 0 fully saturated rings. The van der Waals surface area contributed by atoms with E-state index in [1.165, 1.54) is 36.6 Å². The highest BCUT2D eigenvalue weighted by molar-refractivity contribution is 9.10. The minimum absolute atomic E-state index is 0.0277. The lowest BCUT2D eigenvalue weighted by atomic mass is 10.2. The van der Waals surface area contributed by atoms with Crippen LogP contribution in [0.15, 0.2) is 93.3 Å². The van der Waals surface area contributed by atoms with Crippen LogP contribution < -0.4 is 14.9 Å². The smallest absolute Gasteiger partial charge is 0.336 e. The molecule has 3 aromatic carbocycles. The number of esters is 1. The van der Waals surface area contributed by atoms with Gasteiger partial charge in [0.15, 0.2) is 0 Å². The number of hydrogen-bond donors (Lipinski definition) is 2. The zero-order valence-corrected chi connectivity index (χ0v) is 21.2. The molecule has 0 aromatic heterocycles. The van der Waals surface area contributed by atoms with Gasteiger partial charge in [0.1, 0.15) is 5.75 Å². The number of rotatable bonds is 9. The minimum Gasteiger partial charge on any atom is -0.423 e. The molecule has 0 aliphatic carbocycles. The summed E-state index contributed by atoms with van der Waals surface area (Å²) in [7, 11) is -3.89. The quantitative estimate of drug-likeness (QED) is 0.131. The maximum atomic E-state index is 12.2. The highest BCUT2D eigenvalue weighted by Gasteiger charge is 2.15. The fourth-order valence-electron chi connectivity index (χ4n) is 2.65. The van der Waals surface area contributed by atoms with Crippen molar-refractivity contribution in [1.29, 1.82) is 0 Å². The van der Waals surface area contributed by atoms with Gasteiger partial charge in [-0.1, -0.05) is 57.9 Å². The highest BCUT2D eigenvalue weighted by atomic mass is 79.9. The molecule has 0 spiro atoms. The lowest BCUT2D eigenvalue weighted by molar-refractivity contribution is -0.129. The number of carbonyl (C=O) groups excluding carboxylic acids is 2. The minimum atomic E-state index is -3.89. The maximum Gasteiger partial charge on any atom is 0.336 e. The van der Waals surface area contributed by atoms with Gasteiger partial charge in [-0.05, 0) is 54.1 Å². The molecule has 0 unspecified atom stereocenters. The van der Waals surface area contributed by atoms with Crippen molar-refractivity contribution in [2.45, 2.75) is 4.90 Å². The van der Waals surface area contributed by atoms with E-state index in [1.54, 1.807) is 24.3 Å². The van der Waals surface area contributed by atoms with Gasteiger partial charge < -0.3 is 4.74 Å². The number of nitrogens with one attached hydrogen (secondary N) is 2. The Kier molecular flexibility index (Phi) is 9.32. The molecule has 3 aromatic rings. The number of benzene rings is 3. The summed E-state index contributed by atoms with van der Waals surface area (Å²) in [5, 5.41) is 4.21. The van der Waals surface area contributed by atoms with Crippen molar-refractivity contribution in [3.8, 4) is 5.75 Å². The summed E-state index contributed by atoms with van der Waals surface area (Å²) in [6.45, 7) is -0.535. The zero-order chi connectivity index (χ0) is 25.3. The summed E-state index contributed by atoms with van der Waals surface area (Å²) in [5.41, 5.74) is 3.47. The monoisotopic (exact) mass is 575 g/mol. The maximum absolute atomic E-state index is 12.2. The summed E-state index contributed by atoms with van der Waals surface area (Å²) in [4.78, 5) is 24.2. The van der Waals surface area contributed by atoms with Gasteiger partial charge >= 0.3 is 5.97 Å². The van der Waals surface area contributed by atoms with Gasteiger partial charge in [0, 0.05) is 21.1 Å². The normalized spacial score (nSPS) is 11.6. The molecule has 0 saturated carbocycles. The fourth-order valence-corrected chi connectivity index (χ4v) is 4.14. The predicted octanol–water partition coefficient (Wildman–Crippen LogP) is 4.15. The van der Waals surface area contributed by atoms with Gasteiger partial charge in [-0.3, -0.25) is 4.79 Å². The average molecular weight is 577 g/mol. The Morgan fingerprint density at radius 1 is 1.03 bits per heavy atom. The van der Waals surface area contributed by atoms with Gasteiger partial charge in [0.05, 0.1) is 17.7 Å². The Morgan fingerprint density at radius 2 is 1.74 bits per heavy atom. The highest BCUT2D eigenvalue weighted by Crippen LogP contribution is 2.22. The van der Waals surface area contributed by atoms with Crippen LogP contribution in [-0.2, 0) is 19.6 Å². The van der Waals surface area contributed by atoms with Crippen molar-refractivity contribution in [2.75, 3.05) is 6.54 Å². The van der Waals surface area contributed by atoms with Crippen molar-refractivity contribution in [3.63, 3.8) is 0 Å². The lowest BCUT2D eigenvalue weighted by Crippen LogP contribution is -2.34. The van der Waals surface area contributed by atoms with Crippen LogP contribution in [0.5, 0.6) is 5.75 Å². The second-order valence-corrected chi connectivity index (χ2v) is 10.0. The van der Waals surface area contributed by atoms with Crippen molar-refractivity contribution >= 4 is 61.7 Å². The Morgan fingerprint density at radius 3 is 2.46 bits per heavy atom. The van der Waals surface area contributed by atoms with Gasteiger partial charge in [-0.15, -0.1) is 0 Å². The van der Waals surface area contributed by atoms with Crippen molar-refractivity contribution in [3.05, 3.63) is 99.5 Å². The Hall–Kier alpha value is -3.31. The van der Waals surface area contributed by atoms with E-state index < -0.39 is 28.4 Å². The van der Waals surface area contributed by atoms with Gasteiger partial charge in [0.25, 0.3) is 5.91 Å². The van der Waals surface area contributed by atoms with Crippen LogP contribution >= 0.6 is 27.5 Å². The van der Waals surface area contributed by atoms with Crippen LogP contribution in [0.2, 0.25) is 5.02 Å². The van der Waals surface area contributed by atoms with Crippen molar-refractivity contribution in [2.24, 2.45) is 5.10 Å². The van der Waals surface area contributed by atoms with E-state index in [1.807, 2.05) is 30.3 Å². The van der Waals surface area contributed by atoms with E-state index >= 15 is 0 Å². The number of halogens is 2. The van der Waals surface area contributed by atoms with E-state index in [0.29, 0.717) is 15.1 Å². The van der Waals surface area contributed by atoms with Crippen LogP contribution in [-0.4, -0.2) is 33.1 Å². The molecule has 0 aliphatic rings. The molecule has 0 radical (unpaired) electrons. The second-order valence-electron chi connectivity index (χ2n) is 6.92. The Labute approximate surface area is 215 Å². The van der Waals surface area contributed by atoms with Gasteiger partial charge in [-0.2, -0.15) is 5.10 Å². The number of nitrogens with zero attached hydrogens (tertiary/aromatic N) is 1. The standard InChI is InChI=1S/C24H19BrClN3O5S/c25-19-7-12-22(34-24(31)13-6-17-4-2-1-3-5-17)18(14-19)15-27-29-23(30)16-28-35(32,33)21-10-8-20(26)9-11-21/h1-15,28H,16H2,(H,29,30). The number of hydrogen-bond acceptors (Lipinski definition) is 6. The zero-order valence-electron chi connectivity index (χ0n) is 18.0. The molecular weight excluding hydrogens is 558 g/mol. The largest absolute Gasteiger partial charge is 0.423 e. The first kappa shape index (κ1) is 26.3. The van der Waals surface area contributed by atoms with E-state index in [-0.39, 0.29) is 10.6 Å². The summed E-state index contributed by atoms with van der Waals surface area (Å²) in [6.07, 6.45) is 4.20. The first-order chi connectivity index (χ1) is 16.7. The van der Waals surface area contributed by atoms with Gasteiger partial charge in [-0.25, -0.2) is 23.4 Å². The number of ether oxygens (including phenoxy) is 1. The summed E-state index contributed by atoms with van der Waals surface area (Å²) >= 11 is 9.09. The van der Waals surface area contributed by atoms with Crippen LogP contribution in [0.3, 0.4) is 0 Å². The molecule has 180 valence electrons. The summed E-state index contributed by atoms with van der Waals surface area (Å²) in [5.74, 6) is -1.07. The molecule has 0 saturated heterocycles. The van der Waals surface area contributed by atoms with E-state index in [4.69, 9.17) is 16.3 Å². The third-order valence-corrected chi connectivity index (χ3v) is 6.50. The molecule has 11 heteroatoms. The first-order valence-electron chi connectivity index (χ1n) is 10.0. The topological polar surface area (TPSA) is 114 Å². The summed E-state index contributed by atoms with van der Waals surface area (Å²) in [6, 6.07) is 19.7. The van der Waals surface area contributed by atoms with Crippen molar-refractivity contribution < 1.29 is 22.7 Å². The SMILES string of the molecule is O=C(CNS(=O)(=O)c1ccc(Cl)cc1)NN=Cc1cc(Br)ccc1OC(=O)C=Cc1ccccc1. The van der Waals surface area contributed by atoms with Crippen LogP contribution in [0.4, 0.5) is 0 Å². The van der Waals surface area contributed by atoms with E-state index in [0.717, 1.165) is 5.56 Å². The average Bonchev–Trinajstić information content (AvgIpc) is 2.84. The fraction of sp³-hybridized carbons (Fsp3) is 0.0417. The summed E-state index contributed by atoms with van der Waals surface area (Å²) < 4.78 is 32.7. The molecule has 2 N–H and O–H groups in total. The number of amides is 1. The molecular formula is C24H19BrClN3O5S. The molecule has 0 atom stereocenters. The number of hydrazone groups is 1. The second kappa shape index (κ2) is 12.4. The van der Waals surface area contributed by atoms with Crippen LogP contribution in [0.25, 0.3) is 6.08 Å². The third-order valence-electron chi connectivity index (χ3n) is 4.33. The van der Waals surface area contributed by atoms with Crippen molar-refractivity contribution in [1.82, 2.24) is 10.1 Å². The Balaban J connectivity index is 1.58. The van der Waals surface area contributed by atoms with E-state index in [9.17, 15) is 18.0 Å².